The second-order valence-electron chi connectivity index (χ2n) is 4.72. The molecule has 1 atom stereocenters. The average molecular weight is 197 g/mol. The number of rotatable bonds is 4. The molecule has 14 heavy (non-hydrogen) atoms. The van der Waals surface area contributed by atoms with Crippen molar-refractivity contribution in [2.75, 3.05) is 13.1 Å². The predicted octanol–water partition coefficient (Wildman–Crippen LogP) is 2.48. The fourth-order valence-electron chi connectivity index (χ4n) is 2.28. The molecule has 0 saturated carbocycles. The van der Waals surface area contributed by atoms with Crippen molar-refractivity contribution in [1.29, 1.82) is 0 Å². The third-order valence-corrected chi connectivity index (χ3v) is 2.93. The number of nitrogens with zero attached hydrogens (tertiary/aromatic N) is 1. The third-order valence-electron chi connectivity index (χ3n) is 2.93. The first-order valence-corrected chi connectivity index (χ1v) is 5.92. The van der Waals surface area contributed by atoms with Crippen LogP contribution in [-0.2, 0) is 4.79 Å². The van der Waals surface area contributed by atoms with Gasteiger partial charge in [-0.25, -0.2) is 0 Å². The van der Waals surface area contributed by atoms with E-state index < -0.39 is 0 Å². The Hall–Kier alpha value is -0.370. The maximum absolute atomic E-state index is 11.7. The zero-order valence-corrected chi connectivity index (χ0v) is 9.75. The number of hydrogen-bond donors (Lipinski definition) is 0. The van der Waals surface area contributed by atoms with Crippen LogP contribution < -0.4 is 0 Å². The van der Waals surface area contributed by atoms with Crippen LogP contribution in [0.3, 0.4) is 0 Å². The molecule has 2 nitrogen and oxygen atoms in total. The molecule has 0 radical (unpaired) electrons. The van der Waals surface area contributed by atoms with Crippen molar-refractivity contribution in [1.82, 2.24) is 4.90 Å². The summed E-state index contributed by atoms with van der Waals surface area (Å²) >= 11 is 0. The minimum absolute atomic E-state index is 0.233. The van der Waals surface area contributed by atoms with Gasteiger partial charge >= 0.3 is 0 Å². The molecule has 0 aliphatic carbocycles. The molecule has 1 heterocycles. The Morgan fingerprint density at radius 1 is 1.43 bits per heavy atom. The highest BCUT2D eigenvalue weighted by Gasteiger charge is 2.27. The van der Waals surface area contributed by atoms with Crippen molar-refractivity contribution < 1.29 is 4.79 Å². The van der Waals surface area contributed by atoms with E-state index in [1.54, 1.807) is 0 Å². The largest absolute Gasteiger partial charge is 0.298 e. The highest BCUT2D eigenvalue weighted by molar-refractivity contribution is 5.83. The van der Waals surface area contributed by atoms with Gasteiger partial charge in [0.1, 0.15) is 5.78 Å². The Morgan fingerprint density at radius 3 is 2.71 bits per heavy atom. The summed E-state index contributed by atoms with van der Waals surface area (Å²) in [6.45, 7) is 8.62. The molecule has 0 bridgehead atoms. The van der Waals surface area contributed by atoms with E-state index in [1.165, 1.54) is 12.8 Å². The first kappa shape index (κ1) is 11.7. The molecule has 0 aromatic heterocycles. The number of Topliss-reactive ketones (excluding diaryl/α,β-unsaturated/α-hetero) is 1. The van der Waals surface area contributed by atoms with Gasteiger partial charge in [-0.1, -0.05) is 27.2 Å². The summed E-state index contributed by atoms with van der Waals surface area (Å²) in [5.41, 5.74) is 0. The Labute approximate surface area is 87.7 Å². The average Bonchev–Trinajstić information content (AvgIpc) is 2.16. The molecule has 0 amide bonds. The highest BCUT2D eigenvalue weighted by atomic mass is 16.1. The lowest BCUT2D eigenvalue weighted by Gasteiger charge is -2.35. The van der Waals surface area contributed by atoms with E-state index in [4.69, 9.17) is 0 Å². The van der Waals surface area contributed by atoms with Gasteiger partial charge in [-0.05, 0) is 25.3 Å². The quantitative estimate of drug-likeness (QED) is 0.690. The van der Waals surface area contributed by atoms with Gasteiger partial charge in [0.05, 0.1) is 6.04 Å². The number of ketones is 1. The van der Waals surface area contributed by atoms with E-state index in [-0.39, 0.29) is 6.04 Å². The Morgan fingerprint density at radius 2 is 2.14 bits per heavy atom. The van der Waals surface area contributed by atoms with Gasteiger partial charge in [-0.3, -0.25) is 9.69 Å². The molecule has 2 heteroatoms. The normalized spacial score (nSPS) is 24.1. The van der Waals surface area contributed by atoms with Crippen LogP contribution in [0.4, 0.5) is 0 Å². The second kappa shape index (κ2) is 5.50. The van der Waals surface area contributed by atoms with Crippen molar-refractivity contribution in [3.05, 3.63) is 0 Å². The maximum atomic E-state index is 11.7. The van der Waals surface area contributed by atoms with Gasteiger partial charge in [0.2, 0.25) is 0 Å². The highest BCUT2D eigenvalue weighted by Crippen LogP contribution is 2.19. The Kier molecular flexibility index (Phi) is 4.59. The molecule has 1 fully saturated rings. The smallest absolute Gasteiger partial charge is 0.149 e. The molecule has 1 aliphatic rings. The van der Waals surface area contributed by atoms with Crippen molar-refractivity contribution in [2.45, 2.75) is 52.5 Å². The van der Waals surface area contributed by atoms with Gasteiger partial charge in [-0.15, -0.1) is 0 Å². The zero-order chi connectivity index (χ0) is 10.6. The number of likely N-dealkylation sites (tertiary alicyclic amines) is 1. The molecular weight excluding hydrogens is 174 g/mol. The minimum Gasteiger partial charge on any atom is -0.298 e. The predicted molar refractivity (Wildman–Crippen MR) is 59.3 cm³/mol. The first-order chi connectivity index (χ1) is 6.65. The van der Waals surface area contributed by atoms with Crippen LogP contribution in [0.15, 0.2) is 0 Å². The second-order valence-corrected chi connectivity index (χ2v) is 4.72. The summed E-state index contributed by atoms with van der Waals surface area (Å²) in [5, 5.41) is 0. The van der Waals surface area contributed by atoms with Gasteiger partial charge in [0.25, 0.3) is 0 Å². The van der Waals surface area contributed by atoms with Gasteiger partial charge < -0.3 is 0 Å². The molecule has 0 N–H and O–H groups in total. The van der Waals surface area contributed by atoms with Crippen molar-refractivity contribution in [3.8, 4) is 0 Å². The summed E-state index contributed by atoms with van der Waals surface area (Å²) in [6, 6.07) is 0.233. The van der Waals surface area contributed by atoms with Crippen molar-refractivity contribution in [3.63, 3.8) is 0 Å². The molecule has 1 aliphatic heterocycles. The van der Waals surface area contributed by atoms with Gasteiger partial charge in [0.15, 0.2) is 0 Å². The van der Waals surface area contributed by atoms with Crippen LogP contribution in [0.1, 0.15) is 46.5 Å². The number of carbonyl (C=O) groups is 1. The van der Waals surface area contributed by atoms with Crippen LogP contribution in [0.5, 0.6) is 0 Å². The Bertz CT molecular complexity index is 189. The summed E-state index contributed by atoms with van der Waals surface area (Å²) in [5.74, 6) is 1.10. The number of piperidine rings is 1. The lowest BCUT2D eigenvalue weighted by atomic mass is 9.96. The number of hydrogen-bond acceptors (Lipinski definition) is 2. The summed E-state index contributed by atoms with van der Waals surface area (Å²) in [7, 11) is 0. The van der Waals surface area contributed by atoms with Crippen LogP contribution >= 0.6 is 0 Å². The van der Waals surface area contributed by atoms with E-state index in [0.717, 1.165) is 19.5 Å². The summed E-state index contributed by atoms with van der Waals surface area (Å²) in [6.07, 6.45) is 4.27. The van der Waals surface area contributed by atoms with Gasteiger partial charge in [0, 0.05) is 13.0 Å². The summed E-state index contributed by atoms with van der Waals surface area (Å²) < 4.78 is 0. The van der Waals surface area contributed by atoms with E-state index in [1.807, 2.05) is 6.92 Å². The fraction of sp³-hybridized carbons (Fsp3) is 0.917. The molecule has 1 saturated heterocycles. The van der Waals surface area contributed by atoms with Crippen LogP contribution in [0.2, 0.25) is 0 Å². The van der Waals surface area contributed by atoms with Crippen LogP contribution in [-0.4, -0.2) is 29.8 Å². The molecule has 82 valence electrons. The number of carbonyl (C=O) groups excluding carboxylic acids is 1. The molecule has 1 unspecified atom stereocenters. The minimum atomic E-state index is 0.233. The van der Waals surface area contributed by atoms with Gasteiger partial charge in [-0.2, -0.15) is 0 Å². The van der Waals surface area contributed by atoms with Crippen LogP contribution in [0, 0.1) is 5.92 Å². The maximum Gasteiger partial charge on any atom is 0.149 e. The molecule has 0 aromatic rings. The zero-order valence-electron chi connectivity index (χ0n) is 9.75. The monoisotopic (exact) mass is 197 g/mol. The van der Waals surface area contributed by atoms with E-state index in [9.17, 15) is 4.79 Å². The van der Waals surface area contributed by atoms with Crippen LogP contribution in [0.25, 0.3) is 0 Å². The van der Waals surface area contributed by atoms with Crippen molar-refractivity contribution in [2.24, 2.45) is 5.92 Å². The van der Waals surface area contributed by atoms with E-state index in [0.29, 0.717) is 18.1 Å². The van der Waals surface area contributed by atoms with Crippen molar-refractivity contribution >= 4 is 5.78 Å². The van der Waals surface area contributed by atoms with E-state index >= 15 is 0 Å². The molecule has 0 spiro atoms. The Balaban J connectivity index is 2.54. The first-order valence-electron chi connectivity index (χ1n) is 5.92. The molecular formula is C12H23NO. The van der Waals surface area contributed by atoms with E-state index in [2.05, 4.69) is 18.7 Å². The fourth-order valence-corrected chi connectivity index (χ4v) is 2.28. The molecule has 1 rings (SSSR count). The lowest BCUT2D eigenvalue weighted by Crippen LogP contribution is -2.45. The standard InChI is InChI=1S/C12H23NO/c1-4-12(14)11-7-5-6-8-13(11)9-10(2)3/h10-11H,4-9H2,1-3H3. The topological polar surface area (TPSA) is 20.3 Å². The third kappa shape index (κ3) is 3.09. The molecule has 0 aromatic carbocycles. The lowest BCUT2D eigenvalue weighted by molar-refractivity contribution is -0.125. The summed E-state index contributed by atoms with van der Waals surface area (Å²) in [4.78, 5) is 14.1. The SMILES string of the molecule is CCC(=O)C1CCCCN1CC(C)C.